The number of benzene rings is 1. The number of halogens is 1. The van der Waals surface area contributed by atoms with E-state index in [0.717, 1.165) is 6.07 Å². The number of nitrogens with two attached hydrogens (primary N) is 1. The highest BCUT2D eigenvalue weighted by Crippen LogP contribution is 2.11. The molecule has 0 fully saturated rings. The van der Waals surface area contributed by atoms with Gasteiger partial charge < -0.3 is 31.6 Å². The molecule has 7 N–H and O–H groups in total. The molecule has 0 aliphatic rings. The van der Waals surface area contributed by atoms with Gasteiger partial charge in [-0.1, -0.05) is 5.16 Å². The van der Waals surface area contributed by atoms with E-state index in [1.165, 1.54) is 12.1 Å². The number of oxime groups is 1. The molecule has 0 bridgehead atoms. The molecule has 0 aromatic heterocycles. The minimum Gasteiger partial charge on any atom is -0.409 e. The number of hydrogen-bond acceptors (Lipinski definition) is 6. The van der Waals surface area contributed by atoms with Crippen LogP contribution in [0.15, 0.2) is 23.4 Å². The zero-order valence-corrected chi connectivity index (χ0v) is 10.8. The SMILES string of the molecule is N/C(=N/O)c1cc(F)cc(CNC(CO)(CO)CO)c1. The van der Waals surface area contributed by atoms with Crippen LogP contribution in [0.5, 0.6) is 0 Å². The molecular formula is C12H18FN3O4. The van der Waals surface area contributed by atoms with Crippen LogP contribution in [0.2, 0.25) is 0 Å². The van der Waals surface area contributed by atoms with Crippen molar-refractivity contribution in [2.45, 2.75) is 12.1 Å². The highest BCUT2D eigenvalue weighted by Gasteiger charge is 2.27. The molecule has 0 atom stereocenters. The molecule has 1 aromatic rings. The zero-order chi connectivity index (χ0) is 15.2. The third-order valence-corrected chi connectivity index (χ3v) is 2.94. The van der Waals surface area contributed by atoms with E-state index < -0.39 is 31.2 Å². The van der Waals surface area contributed by atoms with Gasteiger partial charge in [0, 0.05) is 12.1 Å². The van der Waals surface area contributed by atoms with E-state index in [1.54, 1.807) is 0 Å². The lowest BCUT2D eigenvalue weighted by molar-refractivity contribution is 0.0413. The molecule has 0 amide bonds. The Bertz CT molecular complexity index is 470. The minimum atomic E-state index is -1.26. The molecule has 8 heteroatoms. The Morgan fingerprint density at radius 2 is 1.80 bits per heavy atom. The summed E-state index contributed by atoms with van der Waals surface area (Å²) in [5.41, 5.74) is 4.78. The minimum absolute atomic E-state index is 0.0746. The molecule has 20 heavy (non-hydrogen) atoms. The van der Waals surface area contributed by atoms with Gasteiger partial charge in [0.15, 0.2) is 5.84 Å². The highest BCUT2D eigenvalue weighted by molar-refractivity contribution is 5.97. The fourth-order valence-corrected chi connectivity index (χ4v) is 1.57. The lowest BCUT2D eigenvalue weighted by Gasteiger charge is -2.28. The number of nitrogens with one attached hydrogen (secondary N) is 1. The topological polar surface area (TPSA) is 131 Å². The molecule has 0 spiro atoms. The number of rotatable bonds is 7. The third-order valence-electron chi connectivity index (χ3n) is 2.94. The average molecular weight is 287 g/mol. The van der Waals surface area contributed by atoms with Gasteiger partial charge in [0.25, 0.3) is 0 Å². The van der Waals surface area contributed by atoms with Crippen molar-refractivity contribution in [3.05, 3.63) is 35.1 Å². The van der Waals surface area contributed by atoms with Crippen molar-refractivity contribution in [2.24, 2.45) is 10.9 Å². The molecule has 0 aliphatic carbocycles. The van der Waals surface area contributed by atoms with Crippen LogP contribution in [0.3, 0.4) is 0 Å². The molecule has 0 unspecified atom stereocenters. The van der Waals surface area contributed by atoms with Gasteiger partial charge in [-0.25, -0.2) is 4.39 Å². The van der Waals surface area contributed by atoms with Gasteiger partial charge in [0.2, 0.25) is 0 Å². The Kier molecular flexibility index (Phi) is 5.83. The molecule has 1 aromatic carbocycles. The van der Waals surface area contributed by atoms with E-state index in [1.807, 2.05) is 0 Å². The first-order chi connectivity index (χ1) is 9.50. The van der Waals surface area contributed by atoms with Crippen LogP contribution in [-0.4, -0.2) is 51.7 Å². The largest absolute Gasteiger partial charge is 0.409 e. The zero-order valence-electron chi connectivity index (χ0n) is 10.8. The van der Waals surface area contributed by atoms with E-state index in [-0.39, 0.29) is 17.9 Å². The second kappa shape index (κ2) is 7.15. The summed E-state index contributed by atoms with van der Waals surface area (Å²) in [6.07, 6.45) is 0. The van der Waals surface area contributed by atoms with Gasteiger partial charge in [0.05, 0.1) is 25.4 Å². The van der Waals surface area contributed by atoms with Gasteiger partial charge in [-0.05, 0) is 23.8 Å². The Morgan fingerprint density at radius 3 is 2.30 bits per heavy atom. The molecule has 112 valence electrons. The van der Waals surface area contributed by atoms with Crippen LogP contribution in [0.4, 0.5) is 4.39 Å². The summed E-state index contributed by atoms with van der Waals surface area (Å²) in [5, 5.41) is 41.6. The van der Waals surface area contributed by atoms with Crippen LogP contribution in [0.25, 0.3) is 0 Å². The summed E-state index contributed by atoms with van der Waals surface area (Å²) in [6, 6.07) is 3.82. The van der Waals surface area contributed by atoms with E-state index in [4.69, 9.17) is 26.3 Å². The Balaban J connectivity index is 2.90. The quantitative estimate of drug-likeness (QED) is 0.160. The predicted molar refractivity (Wildman–Crippen MR) is 69.7 cm³/mol. The molecule has 0 saturated carbocycles. The fraction of sp³-hybridized carbons (Fsp3) is 0.417. The van der Waals surface area contributed by atoms with E-state index in [0.29, 0.717) is 5.56 Å². The number of amidine groups is 1. The summed E-state index contributed by atoms with van der Waals surface area (Å²) in [4.78, 5) is 0. The van der Waals surface area contributed by atoms with E-state index in [9.17, 15) is 4.39 Å². The van der Waals surface area contributed by atoms with Gasteiger partial charge in [0.1, 0.15) is 5.82 Å². The summed E-state index contributed by atoms with van der Waals surface area (Å²) < 4.78 is 13.4. The Labute approximate surface area is 115 Å². The van der Waals surface area contributed by atoms with Crippen LogP contribution in [-0.2, 0) is 6.54 Å². The Hall–Kier alpha value is -1.74. The molecule has 7 nitrogen and oxygen atoms in total. The van der Waals surface area contributed by atoms with Gasteiger partial charge in [-0.15, -0.1) is 0 Å². The smallest absolute Gasteiger partial charge is 0.170 e. The van der Waals surface area contributed by atoms with Crippen molar-refractivity contribution in [3.63, 3.8) is 0 Å². The number of aliphatic hydroxyl groups excluding tert-OH is 3. The van der Waals surface area contributed by atoms with Crippen molar-refractivity contribution >= 4 is 5.84 Å². The summed E-state index contributed by atoms with van der Waals surface area (Å²) in [5.74, 6) is -0.808. The van der Waals surface area contributed by atoms with Gasteiger partial charge in [-0.3, -0.25) is 0 Å². The first-order valence-electron chi connectivity index (χ1n) is 5.85. The second-order valence-electron chi connectivity index (χ2n) is 4.44. The molecule has 0 radical (unpaired) electrons. The van der Waals surface area contributed by atoms with Crippen molar-refractivity contribution in [1.29, 1.82) is 0 Å². The van der Waals surface area contributed by atoms with E-state index >= 15 is 0 Å². The van der Waals surface area contributed by atoms with Crippen molar-refractivity contribution in [3.8, 4) is 0 Å². The maximum Gasteiger partial charge on any atom is 0.170 e. The summed E-state index contributed by atoms with van der Waals surface area (Å²) >= 11 is 0. The van der Waals surface area contributed by atoms with Gasteiger partial charge in [-0.2, -0.15) is 0 Å². The van der Waals surface area contributed by atoms with Crippen LogP contribution < -0.4 is 11.1 Å². The first-order valence-corrected chi connectivity index (χ1v) is 5.85. The highest BCUT2D eigenvalue weighted by atomic mass is 19.1. The van der Waals surface area contributed by atoms with Gasteiger partial charge >= 0.3 is 0 Å². The molecule has 0 saturated heterocycles. The second-order valence-corrected chi connectivity index (χ2v) is 4.44. The lowest BCUT2D eigenvalue weighted by atomic mass is 10.0. The normalized spacial score (nSPS) is 12.7. The third kappa shape index (κ3) is 3.87. The maximum absolute atomic E-state index is 13.4. The predicted octanol–water partition coefficient (Wildman–Crippen LogP) is -1.27. The number of hydrogen-bond donors (Lipinski definition) is 6. The Morgan fingerprint density at radius 1 is 1.20 bits per heavy atom. The van der Waals surface area contributed by atoms with Crippen molar-refractivity contribution in [2.75, 3.05) is 19.8 Å². The van der Waals surface area contributed by atoms with Crippen LogP contribution in [0, 0.1) is 5.82 Å². The standard InChI is InChI=1S/C12H18FN3O4/c13-10-2-8(1-9(3-10)11(14)16-20)4-15-12(5-17,6-18)7-19/h1-3,15,17-20H,4-7H2,(H2,14,16). The number of nitrogens with zero attached hydrogens (tertiary/aromatic N) is 1. The van der Waals surface area contributed by atoms with Crippen LogP contribution >= 0.6 is 0 Å². The summed E-state index contributed by atoms with van der Waals surface area (Å²) in [7, 11) is 0. The summed E-state index contributed by atoms with van der Waals surface area (Å²) in [6.45, 7) is -1.38. The molecule has 1 rings (SSSR count). The fourth-order valence-electron chi connectivity index (χ4n) is 1.57. The van der Waals surface area contributed by atoms with Crippen molar-refractivity contribution in [1.82, 2.24) is 5.32 Å². The molecule has 0 heterocycles. The first kappa shape index (κ1) is 16.3. The van der Waals surface area contributed by atoms with E-state index in [2.05, 4.69) is 10.5 Å². The maximum atomic E-state index is 13.4. The lowest BCUT2D eigenvalue weighted by Crippen LogP contribution is -2.54. The monoisotopic (exact) mass is 287 g/mol. The average Bonchev–Trinajstić information content (AvgIpc) is 2.48. The van der Waals surface area contributed by atoms with Crippen LogP contribution in [0.1, 0.15) is 11.1 Å². The van der Waals surface area contributed by atoms with Crippen molar-refractivity contribution < 1.29 is 24.9 Å². The number of aliphatic hydroxyl groups is 3. The molecule has 0 aliphatic heterocycles. The molecular weight excluding hydrogens is 269 g/mol.